The monoisotopic (exact) mass is 333 g/mol. The fourth-order valence-corrected chi connectivity index (χ4v) is 3.51. The lowest BCUT2D eigenvalue weighted by Gasteiger charge is -2.21. The number of nitrogens with one attached hydrogen (secondary N) is 1. The molecule has 0 unspecified atom stereocenters. The average Bonchev–Trinajstić information content (AvgIpc) is 3.15. The number of halogens is 2. The average molecular weight is 333 g/mol. The quantitative estimate of drug-likeness (QED) is 0.910. The van der Waals surface area contributed by atoms with Gasteiger partial charge in [-0.1, -0.05) is 36.8 Å². The van der Waals surface area contributed by atoms with Crippen LogP contribution >= 0.6 is 0 Å². The zero-order valence-corrected chi connectivity index (χ0v) is 13.6. The highest BCUT2D eigenvalue weighted by Crippen LogP contribution is 2.30. The molecule has 1 aromatic carbocycles. The van der Waals surface area contributed by atoms with Gasteiger partial charge in [-0.15, -0.1) is 0 Å². The SMILES string of the molecule is Cn1ncc(C(=O)N[C@H]2CCC[C@H]2Cc2ccccc2)c1C(F)F. The van der Waals surface area contributed by atoms with E-state index >= 15 is 0 Å². The van der Waals surface area contributed by atoms with Gasteiger partial charge in [-0.3, -0.25) is 9.48 Å². The molecule has 3 rings (SSSR count). The van der Waals surface area contributed by atoms with E-state index in [1.165, 1.54) is 18.8 Å². The fraction of sp³-hybridized carbons (Fsp3) is 0.444. The Hall–Kier alpha value is -2.24. The molecule has 24 heavy (non-hydrogen) atoms. The van der Waals surface area contributed by atoms with E-state index in [4.69, 9.17) is 0 Å². The number of carbonyl (C=O) groups is 1. The van der Waals surface area contributed by atoms with Crippen molar-refractivity contribution in [1.82, 2.24) is 15.1 Å². The summed E-state index contributed by atoms with van der Waals surface area (Å²) in [6.07, 6.45) is 2.35. The van der Waals surface area contributed by atoms with Crippen molar-refractivity contribution in [2.24, 2.45) is 13.0 Å². The van der Waals surface area contributed by atoms with E-state index in [9.17, 15) is 13.6 Å². The van der Waals surface area contributed by atoms with E-state index < -0.39 is 12.3 Å². The van der Waals surface area contributed by atoms with Crippen molar-refractivity contribution < 1.29 is 13.6 Å². The fourth-order valence-electron chi connectivity index (χ4n) is 3.51. The second-order valence-electron chi connectivity index (χ2n) is 6.33. The van der Waals surface area contributed by atoms with Gasteiger partial charge < -0.3 is 5.32 Å². The van der Waals surface area contributed by atoms with Crippen LogP contribution in [-0.2, 0) is 13.5 Å². The summed E-state index contributed by atoms with van der Waals surface area (Å²) < 4.78 is 27.3. The Labute approximate surface area is 139 Å². The van der Waals surface area contributed by atoms with Crippen molar-refractivity contribution in [2.75, 3.05) is 0 Å². The molecule has 1 fully saturated rings. The standard InChI is InChI=1S/C18H21F2N3O/c1-23-16(17(19)20)14(11-21-23)18(24)22-15-9-5-8-13(15)10-12-6-3-2-4-7-12/h2-4,6-7,11,13,15,17H,5,8-10H2,1H3,(H,22,24)/t13-,15-/m0/s1. The molecular weight excluding hydrogens is 312 g/mol. The topological polar surface area (TPSA) is 46.9 Å². The minimum atomic E-state index is -2.72. The second kappa shape index (κ2) is 7.11. The van der Waals surface area contributed by atoms with Gasteiger partial charge in [-0.25, -0.2) is 8.78 Å². The smallest absolute Gasteiger partial charge is 0.280 e. The highest BCUT2D eigenvalue weighted by atomic mass is 19.3. The third kappa shape index (κ3) is 3.47. The largest absolute Gasteiger partial charge is 0.349 e. The van der Waals surface area contributed by atoms with Crippen LogP contribution in [-0.4, -0.2) is 21.7 Å². The molecule has 1 saturated carbocycles. The molecule has 0 bridgehead atoms. The Morgan fingerprint density at radius 3 is 2.79 bits per heavy atom. The molecule has 1 heterocycles. The summed E-state index contributed by atoms with van der Waals surface area (Å²) in [5.74, 6) is -0.119. The van der Waals surface area contributed by atoms with E-state index in [1.54, 1.807) is 0 Å². The lowest BCUT2D eigenvalue weighted by molar-refractivity contribution is 0.0911. The van der Waals surface area contributed by atoms with Crippen molar-refractivity contribution >= 4 is 5.91 Å². The third-order valence-corrected chi connectivity index (χ3v) is 4.75. The second-order valence-corrected chi connectivity index (χ2v) is 6.33. The molecule has 1 amide bonds. The number of carbonyl (C=O) groups excluding carboxylic acids is 1. The van der Waals surface area contributed by atoms with Crippen LogP contribution in [0.4, 0.5) is 8.78 Å². The van der Waals surface area contributed by atoms with Crippen LogP contribution in [0.1, 0.15) is 47.3 Å². The number of nitrogens with zero attached hydrogens (tertiary/aromatic N) is 2. The molecule has 1 aliphatic carbocycles. The Morgan fingerprint density at radius 2 is 2.08 bits per heavy atom. The predicted octanol–water partition coefficient (Wildman–Crippen LogP) is 3.50. The maximum atomic E-state index is 13.1. The molecule has 2 aromatic rings. The van der Waals surface area contributed by atoms with Crippen molar-refractivity contribution in [1.29, 1.82) is 0 Å². The molecule has 6 heteroatoms. The molecule has 2 atom stereocenters. The minimum Gasteiger partial charge on any atom is -0.349 e. The van der Waals surface area contributed by atoms with Crippen molar-refractivity contribution in [3.05, 3.63) is 53.3 Å². The number of aryl methyl sites for hydroxylation is 1. The van der Waals surface area contributed by atoms with Gasteiger partial charge in [0.25, 0.3) is 12.3 Å². The van der Waals surface area contributed by atoms with Crippen molar-refractivity contribution in [2.45, 2.75) is 38.2 Å². The Balaban J connectivity index is 1.69. The zero-order valence-electron chi connectivity index (χ0n) is 13.6. The number of hydrogen-bond acceptors (Lipinski definition) is 2. The molecule has 0 aliphatic heterocycles. The van der Waals surface area contributed by atoms with Gasteiger partial charge in [0.2, 0.25) is 0 Å². The highest BCUT2D eigenvalue weighted by molar-refractivity contribution is 5.95. The van der Waals surface area contributed by atoms with E-state index in [-0.39, 0.29) is 17.3 Å². The summed E-state index contributed by atoms with van der Waals surface area (Å²) in [7, 11) is 1.42. The van der Waals surface area contributed by atoms with E-state index in [2.05, 4.69) is 22.5 Å². The number of rotatable bonds is 5. The first kappa shape index (κ1) is 16.6. The normalized spacial score (nSPS) is 20.5. The number of alkyl halides is 2. The summed E-state index contributed by atoms with van der Waals surface area (Å²) in [6.45, 7) is 0. The van der Waals surface area contributed by atoms with E-state index in [1.807, 2.05) is 18.2 Å². The van der Waals surface area contributed by atoms with Crippen molar-refractivity contribution in [3.8, 4) is 0 Å². The maximum absolute atomic E-state index is 13.1. The van der Waals surface area contributed by atoms with Crippen LogP contribution in [0, 0.1) is 5.92 Å². The molecule has 0 spiro atoms. The molecule has 1 aliphatic rings. The maximum Gasteiger partial charge on any atom is 0.280 e. The number of aromatic nitrogens is 2. The van der Waals surface area contributed by atoms with E-state index in [0.29, 0.717) is 5.92 Å². The van der Waals surface area contributed by atoms with Gasteiger partial charge in [0.1, 0.15) is 5.69 Å². The molecule has 4 nitrogen and oxygen atoms in total. The molecule has 1 N–H and O–H groups in total. The van der Waals surface area contributed by atoms with Crippen LogP contribution in [0.25, 0.3) is 0 Å². The van der Waals surface area contributed by atoms with Gasteiger partial charge in [-0.2, -0.15) is 5.10 Å². The summed E-state index contributed by atoms with van der Waals surface area (Å²) in [6, 6.07) is 10.2. The van der Waals surface area contributed by atoms with Crippen LogP contribution in [0.2, 0.25) is 0 Å². The minimum absolute atomic E-state index is 0.0171. The molecule has 1 aromatic heterocycles. The lowest BCUT2D eigenvalue weighted by Crippen LogP contribution is -2.38. The van der Waals surface area contributed by atoms with Gasteiger partial charge in [0, 0.05) is 13.1 Å². The Kier molecular flexibility index (Phi) is 4.92. The molecular formula is C18H21F2N3O. The third-order valence-electron chi connectivity index (χ3n) is 4.75. The molecule has 0 saturated heterocycles. The first-order chi connectivity index (χ1) is 11.6. The summed E-state index contributed by atoms with van der Waals surface area (Å²) >= 11 is 0. The van der Waals surface area contributed by atoms with Gasteiger partial charge in [0.05, 0.1) is 11.8 Å². The Morgan fingerprint density at radius 1 is 1.33 bits per heavy atom. The van der Waals surface area contributed by atoms with Gasteiger partial charge >= 0.3 is 0 Å². The lowest BCUT2D eigenvalue weighted by atomic mass is 9.94. The Bertz CT molecular complexity index is 700. The van der Waals surface area contributed by atoms with Crippen LogP contribution in [0.3, 0.4) is 0 Å². The van der Waals surface area contributed by atoms with Crippen LogP contribution < -0.4 is 5.32 Å². The van der Waals surface area contributed by atoms with Gasteiger partial charge in [0.15, 0.2) is 0 Å². The zero-order chi connectivity index (χ0) is 17.1. The first-order valence-corrected chi connectivity index (χ1v) is 8.21. The number of amides is 1. The first-order valence-electron chi connectivity index (χ1n) is 8.21. The van der Waals surface area contributed by atoms with Crippen LogP contribution in [0.15, 0.2) is 36.5 Å². The summed E-state index contributed by atoms with van der Waals surface area (Å²) in [5.41, 5.74) is 0.876. The predicted molar refractivity (Wildman–Crippen MR) is 86.9 cm³/mol. The van der Waals surface area contributed by atoms with E-state index in [0.717, 1.165) is 30.4 Å². The number of benzene rings is 1. The van der Waals surface area contributed by atoms with Gasteiger partial charge in [-0.05, 0) is 30.7 Å². The molecule has 128 valence electrons. The van der Waals surface area contributed by atoms with Crippen molar-refractivity contribution in [3.63, 3.8) is 0 Å². The summed E-state index contributed by atoms with van der Waals surface area (Å²) in [5, 5.41) is 6.74. The number of hydrogen-bond donors (Lipinski definition) is 1. The molecule has 0 radical (unpaired) electrons. The summed E-state index contributed by atoms with van der Waals surface area (Å²) in [4.78, 5) is 12.4. The van der Waals surface area contributed by atoms with Crippen LogP contribution in [0.5, 0.6) is 0 Å². The highest BCUT2D eigenvalue weighted by Gasteiger charge is 2.31.